The molecule has 0 saturated carbocycles. The van der Waals surface area contributed by atoms with E-state index in [1.54, 1.807) is 24.4 Å². The van der Waals surface area contributed by atoms with E-state index in [-0.39, 0.29) is 11.5 Å². The van der Waals surface area contributed by atoms with Gasteiger partial charge in [-0.3, -0.25) is 10.1 Å². The monoisotopic (exact) mass is 379 g/mol. The molecule has 0 atom stereocenters. The summed E-state index contributed by atoms with van der Waals surface area (Å²) >= 11 is 1.29. The summed E-state index contributed by atoms with van der Waals surface area (Å²) in [7, 11) is 0. The number of carbonyl (C=O) groups is 1. The highest BCUT2D eigenvalue weighted by Crippen LogP contribution is 2.26. The molecular weight excluding hydrogens is 365 g/mol. The second-order valence-corrected chi connectivity index (χ2v) is 6.65. The quantitative estimate of drug-likeness (QED) is 0.531. The van der Waals surface area contributed by atoms with E-state index in [0.717, 1.165) is 11.1 Å². The maximum absolute atomic E-state index is 13.0. The van der Waals surface area contributed by atoms with Crippen LogP contribution < -0.4 is 5.32 Å². The van der Waals surface area contributed by atoms with E-state index < -0.39 is 5.91 Å². The van der Waals surface area contributed by atoms with Crippen molar-refractivity contribution < 1.29 is 13.6 Å². The Hall–Kier alpha value is -3.32. The SMILES string of the molecule is Cc1oc(-c2ccccc2)nc1C(=O)Nc1nc(-c2ccc(F)cc2)cs1. The number of amides is 1. The number of benzene rings is 2. The minimum atomic E-state index is -0.390. The first kappa shape index (κ1) is 17.1. The fourth-order valence-electron chi connectivity index (χ4n) is 2.55. The smallest absolute Gasteiger partial charge is 0.279 e. The number of thiazole rings is 1. The Morgan fingerprint density at radius 2 is 1.78 bits per heavy atom. The van der Waals surface area contributed by atoms with Gasteiger partial charge in [-0.1, -0.05) is 18.2 Å². The van der Waals surface area contributed by atoms with Gasteiger partial charge in [-0.05, 0) is 43.3 Å². The molecule has 0 aliphatic heterocycles. The fourth-order valence-corrected chi connectivity index (χ4v) is 3.27. The molecule has 5 nitrogen and oxygen atoms in total. The van der Waals surface area contributed by atoms with Crippen molar-refractivity contribution in [2.45, 2.75) is 6.92 Å². The summed E-state index contributed by atoms with van der Waals surface area (Å²) < 4.78 is 18.7. The molecule has 0 unspecified atom stereocenters. The molecule has 134 valence electrons. The number of aryl methyl sites for hydroxylation is 1. The zero-order valence-corrected chi connectivity index (χ0v) is 15.1. The van der Waals surface area contributed by atoms with Crippen molar-refractivity contribution in [3.63, 3.8) is 0 Å². The third-order valence-corrected chi connectivity index (χ3v) is 4.65. The first-order valence-electron chi connectivity index (χ1n) is 8.16. The minimum Gasteiger partial charge on any atom is -0.441 e. The first-order valence-corrected chi connectivity index (χ1v) is 9.04. The Bertz CT molecular complexity index is 1090. The highest BCUT2D eigenvalue weighted by Gasteiger charge is 2.19. The van der Waals surface area contributed by atoms with E-state index in [1.165, 1.54) is 23.5 Å². The van der Waals surface area contributed by atoms with Crippen molar-refractivity contribution in [2.75, 3.05) is 5.32 Å². The third kappa shape index (κ3) is 3.63. The molecule has 0 radical (unpaired) electrons. The topological polar surface area (TPSA) is 68.0 Å². The summed E-state index contributed by atoms with van der Waals surface area (Å²) in [5.74, 6) is 0.128. The number of carbonyl (C=O) groups excluding carboxylic acids is 1. The number of anilines is 1. The predicted octanol–water partition coefficient (Wildman–Crippen LogP) is 5.16. The maximum atomic E-state index is 13.0. The summed E-state index contributed by atoms with van der Waals surface area (Å²) in [5.41, 5.74) is 2.45. The molecule has 1 amide bonds. The van der Waals surface area contributed by atoms with Crippen LogP contribution in [0.2, 0.25) is 0 Å². The van der Waals surface area contributed by atoms with Crippen LogP contribution >= 0.6 is 11.3 Å². The molecule has 2 aromatic carbocycles. The van der Waals surface area contributed by atoms with Crippen molar-refractivity contribution in [3.8, 4) is 22.7 Å². The van der Waals surface area contributed by atoms with E-state index >= 15 is 0 Å². The lowest BCUT2D eigenvalue weighted by Gasteiger charge is -1.99. The van der Waals surface area contributed by atoms with Gasteiger partial charge in [-0.2, -0.15) is 0 Å². The lowest BCUT2D eigenvalue weighted by atomic mass is 10.2. The van der Waals surface area contributed by atoms with Crippen LogP contribution in [-0.4, -0.2) is 15.9 Å². The van der Waals surface area contributed by atoms with E-state index in [2.05, 4.69) is 15.3 Å². The molecular formula is C20H14FN3O2S. The molecule has 4 rings (SSSR count). The zero-order valence-electron chi connectivity index (χ0n) is 14.3. The molecule has 0 spiro atoms. The van der Waals surface area contributed by atoms with Gasteiger partial charge in [0.2, 0.25) is 5.89 Å². The normalized spacial score (nSPS) is 10.7. The van der Waals surface area contributed by atoms with Crippen LogP contribution in [0.25, 0.3) is 22.7 Å². The van der Waals surface area contributed by atoms with E-state index in [9.17, 15) is 9.18 Å². The highest BCUT2D eigenvalue weighted by molar-refractivity contribution is 7.14. The van der Waals surface area contributed by atoms with Crippen molar-refractivity contribution in [1.29, 1.82) is 0 Å². The van der Waals surface area contributed by atoms with Gasteiger partial charge in [-0.25, -0.2) is 14.4 Å². The Morgan fingerprint density at radius 3 is 2.52 bits per heavy atom. The number of hydrogen-bond acceptors (Lipinski definition) is 5. The number of aromatic nitrogens is 2. The van der Waals surface area contributed by atoms with Crippen molar-refractivity contribution in [2.24, 2.45) is 0 Å². The number of nitrogens with zero attached hydrogens (tertiary/aromatic N) is 2. The Balaban J connectivity index is 1.53. The van der Waals surface area contributed by atoms with Crippen LogP contribution in [0.1, 0.15) is 16.2 Å². The lowest BCUT2D eigenvalue weighted by Crippen LogP contribution is -2.13. The van der Waals surface area contributed by atoms with Gasteiger partial charge in [0.15, 0.2) is 10.8 Å². The number of hydrogen-bond donors (Lipinski definition) is 1. The number of halogens is 1. The number of rotatable bonds is 4. The molecule has 0 fully saturated rings. The average molecular weight is 379 g/mol. The molecule has 2 aromatic heterocycles. The van der Waals surface area contributed by atoms with Crippen LogP contribution in [0.15, 0.2) is 64.4 Å². The number of oxazole rings is 1. The molecule has 0 bridgehead atoms. The van der Waals surface area contributed by atoms with Crippen molar-refractivity contribution >= 4 is 22.4 Å². The van der Waals surface area contributed by atoms with Crippen LogP contribution in [0.4, 0.5) is 9.52 Å². The van der Waals surface area contributed by atoms with Crippen molar-refractivity contribution in [1.82, 2.24) is 9.97 Å². The minimum absolute atomic E-state index is 0.215. The summed E-state index contributed by atoms with van der Waals surface area (Å²) in [6, 6.07) is 15.4. The van der Waals surface area contributed by atoms with Gasteiger partial charge in [0, 0.05) is 16.5 Å². The van der Waals surface area contributed by atoms with E-state index in [4.69, 9.17) is 4.42 Å². The summed E-state index contributed by atoms with van der Waals surface area (Å²) in [4.78, 5) is 21.2. The second kappa shape index (κ2) is 7.13. The van der Waals surface area contributed by atoms with E-state index in [0.29, 0.717) is 22.5 Å². The summed E-state index contributed by atoms with van der Waals surface area (Å²) in [6.45, 7) is 1.69. The third-order valence-electron chi connectivity index (χ3n) is 3.90. The van der Waals surface area contributed by atoms with Gasteiger partial charge in [0.1, 0.15) is 11.6 Å². The first-order chi connectivity index (χ1) is 13.1. The molecule has 27 heavy (non-hydrogen) atoms. The van der Waals surface area contributed by atoms with Gasteiger partial charge >= 0.3 is 0 Å². The largest absolute Gasteiger partial charge is 0.441 e. The molecule has 1 N–H and O–H groups in total. The Kier molecular flexibility index (Phi) is 4.52. The van der Waals surface area contributed by atoms with Gasteiger partial charge in [-0.15, -0.1) is 11.3 Å². The van der Waals surface area contributed by atoms with Crippen LogP contribution in [-0.2, 0) is 0 Å². The summed E-state index contributed by atoms with van der Waals surface area (Å²) in [6.07, 6.45) is 0. The molecule has 0 aliphatic carbocycles. The molecule has 7 heteroatoms. The lowest BCUT2D eigenvalue weighted by molar-refractivity contribution is 0.102. The van der Waals surface area contributed by atoms with Crippen LogP contribution in [0.3, 0.4) is 0 Å². The summed E-state index contributed by atoms with van der Waals surface area (Å²) in [5, 5.41) is 4.97. The molecule has 2 heterocycles. The van der Waals surface area contributed by atoms with Crippen molar-refractivity contribution in [3.05, 3.63) is 77.2 Å². The Labute approximate surface area is 158 Å². The molecule has 0 aliphatic rings. The second-order valence-electron chi connectivity index (χ2n) is 5.79. The highest BCUT2D eigenvalue weighted by atomic mass is 32.1. The Morgan fingerprint density at radius 1 is 1.04 bits per heavy atom. The molecule has 0 saturated heterocycles. The van der Waals surface area contributed by atoms with Gasteiger partial charge < -0.3 is 4.42 Å². The number of nitrogens with one attached hydrogen (secondary N) is 1. The van der Waals surface area contributed by atoms with Gasteiger partial charge in [0.25, 0.3) is 5.91 Å². The van der Waals surface area contributed by atoms with Crippen LogP contribution in [0, 0.1) is 12.7 Å². The molecule has 4 aromatic rings. The zero-order chi connectivity index (χ0) is 18.8. The van der Waals surface area contributed by atoms with Gasteiger partial charge in [0.05, 0.1) is 5.69 Å². The average Bonchev–Trinajstić information content (AvgIpc) is 3.30. The maximum Gasteiger partial charge on any atom is 0.279 e. The van der Waals surface area contributed by atoms with Crippen LogP contribution in [0.5, 0.6) is 0 Å². The van der Waals surface area contributed by atoms with E-state index in [1.807, 2.05) is 30.3 Å². The standard InChI is InChI=1S/C20H14FN3O2S/c1-12-17(23-19(26-12)14-5-3-2-4-6-14)18(25)24-20-22-16(11-27-20)13-7-9-15(21)10-8-13/h2-11H,1H3,(H,22,24,25). The fraction of sp³-hybridized carbons (Fsp3) is 0.0500. The predicted molar refractivity (Wildman–Crippen MR) is 102 cm³/mol.